The number of anilines is 1. The van der Waals surface area contributed by atoms with Crippen LogP contribution < -0.4 is 16.8 Å². The molecule has 0 aliphatic heterocycles. The van der Waals surface area contributed by atoms with Crippen LogP contribution >= 0.6 is 0 Å². The Morgan fingerprint density at radius 3 is 2.45 bits per heavy atom. The molecule has 1 unspecified atom stereocenters. The molecule has 2 rings (SSSR count). The summed E-state index contributed by atoms with van der Waals surface area (Å²) in [4.78, 5) is 32.0. The molecular formula is C22H37N5O2. The van der Waals surface area contributed by atoms with Gasteiger partial charge in [-0.25, -0.2) is 4.98 Å². The molecule has 1 saturated carbocycles. The number of nitrogens with two attached hydrogens (primary N) is 2. The number of hydrogen-bond acceptors (Lipinski definition) is 5. The lowest BCUT2D eigenvalue weighted by molar-refractivity contribution is -0.144. The molecule has 2 atom stereocenters. The highest BCUT2D eigenvalue weighted by molar-refractivity contribution is 5.92. The smallest absolute Gasteiger partial charge is 0.238 e. The second-order valence-corrected chi connectivity index (χ2v) is 8.82. The Hall–Kier alpha value is -2.15. The number of nitrogen functional groups attached to an aromatic ring is 1. The highest BCUT2D eigenvalue weighted by atomic mass is 16.2. The van der Waals surface area contributed by atoms with E-state index < -0.39 is 17.4 Å². The Morgan fingerprint density at radius 1 is 1.28 bits per heavy atom. The van der Waals surface area contributed by atoms with Crippen LogP contribution in [0.15, 0.2) is 18.3 Å². The molecule has 29 heavy (non-hydrogen) atoms. The minimum absolute atomic E-state index is 0.0791. The van der Waals surface area contributed by atoms with E-state index >= 15 is 0 Å². The minimum Gasteiger partial charge on any atom is -0.384 e. The van der Waals surface area contributed by atoms with Gasteiger partial charge in [0.2, 0.25) is 11.8 Å². The molecule has 1 aromatic heterocycles. The monoisotopic (exact) mass is 403 g/mol. The molecule has 0 spiro atoms. The quantitative estimate of drug-likeness (QED) is 0.586. The molecule has 0 saturated heterocycles. The summed E-state index contributed by atoms with van der Waals surface area (Å²) in [5.41, 5.74) is 11.3. The van der Waals surface area contributed by atoms with Crippen LogP contribution in [0, 0.1) is 11.8 Å². The van der Waals surface area contributed by atoms with Crippen molar-refractivity contribution < 1.29 is 9.59 Å². The summed E-state index contributed by atoms with van der Waals surface area (Å²) in [5.74, 6) is -0.232. The van der Waals surface area contributed by atoms with Gasteiger partial charge in [-0.2, -0.15) is 0 Å². The third kappa shape index (κ3) is 5.69. The number of pyridine rings is 1. The normalized spacial score (nSPS) is 18.4. The zero-order chi connectivity index (χ0) is 21.6. The number of rotatable bonds is 9. The second-order valence-electron chi connectivity index (χ2n) is 8.82. The van der Waals surface area contributed by atoms with Gasteiger partial charge in [0.05, 0.1) is 5.92 Å². The molecule has 1 fully saturated rings. The molecule has 0 radical (unpaired) electrons. The van der Waals surface area contributed by atoms with E-state index in [1.807, 2.05) is 38.8 Å². The van der Waals surface area contributed by atoms with Crippen molar-refractivity contribution in [1.82, 2.24) is 15.2 Å². The Balaban J connectivity index is 2.25. The number of primary amides is 1. The number of nitrogens with one attached hydrogen (secondary N) is 1. The summed E-state index contributed by atoms with van der Waals surface area (Å²) in [6, 6.07) is 3.63. The van der Waals surface area contributed by atoms with Crippen molar-refractivity contribution >= 4 is 17.6 Å². The highest BCUT2D eigenvalue weighted by Gasteiger charge is 2.48. The molecule has 7 heteroatoms. The molecule has 1 heterocycles. The van der Waals surface area contributed by atoms with Gasteiger partial charge in [-0.3, -0.25) is 14.5 Å². The van der Waals surface area contributed by atoms with Gasteiger partial charge in [-0.15, -0.1) is 0 Å². The van der Waals surface area contributed by atoms with Gasteiger partial charge < -0.3 is 16.8 Å². The summed E-state index contributed by atoms with van der Waals surface area (Å²) in [6.45, 7) is 6.17. The van der Waals surface area contributed by atoms with Gasteiger partial charge >= 0.3 is 0 Å². The van der Waals surface area contributed by atoms with Crippen LogP contribution in [-0.2, 0) is 16.1 Å². The maximum atomic E-state index is 13.3. The van der Waals surface area contributed by atoms with Gasteiger partial charge in [0.15, 0.2) is 0 Å². The van der Waals surface area contributed by atoms with Gasteiger partial charge in [0.25, 0.3) is 0 Å². The lowest BCUT2D eigenvalue weighted by Crippen LogP contribution is -2.63. The third-order valence-corrected chi connectivity index (χ3v) is 6.61. The number of nitrogens with zero attached hydrogens (tertiary/aromatic N) is 2. The van der Waals surface area contributed by atoms with Crippen LogP contribution in [0.5, 0.6) is 0 Å². The number of hydrogen-bond donors (Lipinski definition) is 3. The topological polar surface area (TPSA) is 114 Å². The Kier molecular flexibility index (Phi) is 8.02. The van der Waals surface area contributed by atoms with E-state index in [1.165, 1.54) is 19.3 Å². The van der Waals surface area contributed by atoms with Gasteiger partial charge in [0, 0.05) is 18.8 Å². The number of carbonyl (C=O) groups excluding carboxylic acids is 2. The Morgan fingerprint density at radius 2 is 1.93 bits per heavy atom. The van der Waals surface area contributed by atoms with Crippen molar-refractivity contribution in [1.29, 1.82) is 0 Å². The minimum atomic E-state index is -1.06. The zero-order valence-electron chi connectivity index (χ0n) is 18.3. The lowest BCUT2D eigenvalue weighted by Gasteiger charge is -2.44. The SMILES string of the molecule is CC(C)N(C)C(C)(C(N)=O)[C@H](CC1CCCCC1)C(=O)NCc1ccc(N)nc1. The molecule has 0 bridgehead atoms. The van der Waals surface area contributed by atoms with Crippen molar-refractivity contribution in [2.45, 2.75) is 77.4 Å². The van der Waals surface area contributed by atoms with E-state index in [1.54, 1.807) is 12.3 Å². The number of carbonyl (C=O) groups is 2. The molecule has 7 nitrogen and oxygen atoms in total. The standard InChI is InChI=1S/C22H37N5O2/c1-15(2)27(4)22(3,21(24)29)18(12-16-8-6-5-7-9-16)20(28)26-14-17-10-11-19(23)25-13-17/h10-11,13,15-16,18H,5-9,12,14H2,1-4H3,(H2,23,25)(H2,24,29)(H,26,28)/t18-,22?/m1/s1. The molecule has 5 N–H and O–H groups in total. The first-order valence-corrected chi connectivity index (χ1v) is 10.7. The Labute approximate surface area is 174 Å². The fourth-order valence-electron chi connectivity index (χ4n) is 4.33. The summed E-state index contributed by atoms with van der Waals surface area (Å²) >= 11 is 0. The molecule has 162 valence electrons. The van der Waals surface area contributed by atoms with Crippen LogP contribution in [0.4, 0.5) is 5.82 Å². The largest absolute Gasteiger partial charge is 0.384 e. The first kappa shape index (κ1) is 23.1. The first-order valence-electron chi connectivity index (χ1n) is 10.7. The summed E-state index contributed by atoms with van der Waals surface area (Å²) in [5, 5.41) is 3.01. The second kappa shape index (κ2) is 10.1. The van der Waals surface area contributed by atoms with Gasteiger partial charge in [0.1, 0.15) is 11.4 Å². The van der Waals surface area contributed by atoms with Crippen molar-refractivity contribution in [3.63, 3.8) is 0 Å². The van der Waals surface area contributed by atoms with Gasteiger partial charge in [-0.1, -0.05) is 38.2 Å². The molecule has 1 aliphatic carbocycles. The number of likely N-dealkylation sites (N-methyl/N-ethyl adjacent to an activating group) is 1. The van der Waals surface area contributed by atoms with Crippen LogP contribution in [0.2, 0.25) is 0 Å². The van der Waals surface area contributed by atoms with Crippen molar-refractivity contribution in [3.05, 3.63) is 23.9 Å². The van der Waals surface area contributed by atoms with E-state index in [0.29, 0.717) is 24.7 Å². The van der Waals surface area contributed by atoms with Crippen molar-refractivity contribution in [2.24, 2.45) is 17.6 Å². The van der Waals surface area contributed by atoms with E-state index in [2.05, 4.69) is 10.3 Å². The highest BCUT2D eigenvalue weighted by Crippen LogP contribution is 2.36. The third-order valence-electron chi connectivity index (χ3n) is 6.61. The maximum Gasteiger partial charge on any atom is 0.238 e. The van der Waals surface area contributed by atoms with Crippen molar-refractivity contribution in [2.75, 3.05) is 12.8 Å². The number of amides is 2. The van der Waals surface area contributed by atoms with E-state index in [9.17, 15) is 9.59 Å². The van der Waals surface area contributed by atoms with E-state index in [4.69, 9.17) is 11.5 Å². The fraction of sp³-hybridized carbons (Fsp3) is 0.682. The predicted molar refractivity (Wildman–Crippen MR) is 116 cm³/mol. The number of aromatic nitrogens is 1. The summed E-state index contributed by atoms with van der Waals surface area (Å²) in [7, 11) is 1.88. The van der Waals surface area contributed by atoms with Crippen LogP contribution in [0.3, 0.4) is 0 Å². The average molecular weight is 404 g/mol. The molecule has 0 aromatic carbocycles. The molecule has 1 aromatic rings. The summed E-state index contributed by atoms with van der Waals surface area (Å²) in [6.07, 6.45) is 8.14. The van der Waals surface area contributed by atoms with Crippen LogP contribution in [0.25, 0.3) is 0 Å². The van der Waals surface area contributed by atoms with Crippen LogP contribution in [-0.4, -0.2) is 40.3 Å². The van der Waals surface area contributed by atoms with Crippen LogP contribution in [0.1, 0.15) is 64.9 Å². The maximum absolute atomic E-state index is 13.3. The van der Waals surface area contributed by atoms with Crippen molar-refractivity contribution in [3.8, 4) is 0 Å². The zero-order valence-corrected chi connectivity index (χ0v) is 18.3. The first-order chi connectivity index (χ1) is 13.7. The predicted octanol–water partition coefficient (Wildman–Crippen LogP) is 2.45. The lowest BCUT2D eigenvalue weighted by atomic mass is 9.73. The Bertz CT molecular complexity index is 685. The van der Waals surface area contributed by atoms with Gasteiger partial charge in [-0.05, 0) is 51.8 Å². The average Bonchev–Trinajstić information content (AvgIpc) is 2.70. The molecule has 2 amide bonds. The molecular weight excluding hydrogens is 366 g/mol. The van der Waals surface area contributed by atoms with E-state index in [0.717, 1.165) is 18.4 Å². The summed E-state index contributed by atoms with van der Waals surface area (Å²) < 4.78 is 0. The van der Waals surface area contributed by atoms with E-state index in [-0.39, 0.29) is 11.9 Å². The molecule has 1 aliphatic rings. The fourth-order valence-corrected chi connectivity index (χ4v) is 4.33.